The zero-order chi connectivity index (χ0) is 15.5. The van der Waals surface area contributed by atoms with E-state index < -0.39 is 0 Å². The van der Waals surface area contributed by atoms with Crippen LogP contribution in [0.3, 0.4) is 0 Å². The Morgan fingerprint density at radius 3 is 2.48 bits per heavy atom. The van der Waals surface area contributed by atoms with Crippen LogP contribution in [0.5, 0.6) is 0 Å². The molecule has 3 N–H and O–H groups in total. The molecular formula is C16H24BrClN4O. The molecule has 2 heterocycles. The summed E-state index contributed by atoms with van der Waals surface area (Å²) in [4.78, 5) is 14.8. The molecule has 0 aromatic heterocycles. The van der Waals surface area contributed by atoms with Crippen LogP contribution in [0.1, 0.15) is 24.4 Å². The smallest absolute Gasteiger partial charge is 0.242 e. The predicted octanol–water partition coefficient (Wildman–Crippen LogP) is 1.60. The van der Waals surface area contributed by atoms with E-state index in [0.717, 1.165) is 25.9 Å². The maximum Gasteiger partial charge on any atom is 0.242 e. The van der Waals surface area contributed by atoms with E-state index in [0.29, 0.717) is 6.04 Å². The molecule has 2 aliphatic rings. The zero-order valence-corrected chi connectivity index (χ0v) is 15.6. The number of benzene rings is 1. The average Bonchev–Trinajstić information content (AvgIpc) is 2.96. The van der Waals surface area contributed by atoms with Crippen molar-refractivity contribution in [2.75, 3.05) is 20.1 Å². The predicted molar refractivity (Wildman–Crippen MR) is 97.9 cm³/mol. The summed E-state index contributed by atoms with van der Waals surface area (Å²) in [5.41, 5.74) is 7.60. The summed E-state index contributed by atoms with van der Waals surface area (Å²) >= 11 is 3.72. The number of likely N-dealkylation sites (N-methyl/N-ethyl adjacent to an activating group) is 1. The molecule has 5 nitrogen and oxygen atoms in total. The summed E-state index contributed by atoms with van der Waals surface area (Å²) in [6, 6.07) is 10.4. The molecule has 3 atom stereocenters. The van der Waals surface area contributed by atoms with Crippen LogP contribution in [0.2, 0.25) is 0 Å². The minimum Gasteiger partial charge on any atom is -0.341 e. The Morgan fingerprint density at radius 1 is 1.17 bits per heavy atom. The molecule has 0 bridgehead atoms. The van der Waals surface area contributed by atoms with Gasteiger partial charge in [-0.05, 0) is 31.5 Å². The maximum atomic E-state index is 12.8. The van der Waals surface area contributed by atoms with Gasteiger partial charge in [0.25, 0.3) is 0 Å². The Morgan fingerprint density at radius 2 is 1.83 bits per heavy atom. The highest BCUT2D eigenvalue weighted by molar-refractivity contribution is 9.09. The fourth-order valence-electron chi connectivity index (χ4n) is 3.25. The van der Waals surface area contributed by atoms with Crippen LogP contribution >= 0.6 is 28.3 Å². The lowest BCUT2D eigenvalue weighted by Gasteiger charge is -2.33. The highest BCUT2D eigenvalue weighted by Crippen LogP contribution is 2.30. The van der Waals surface area contributed by atoms with E-state index >= 15 is 0 Å². The number of halogens is 2. The lowest BCUT2D eigenvalue weighted by atomic mass is 10.00. The van der Waals surface area contributed by atoms with Crippen molar-refractivity contribution in [2.24, 2.45) is 0 Å². The molecule has 0 spiro atoms. The van der Waals surface area contributed by atoms with Gasteiger partial charge < -0.3 is 10.2 Å². The Labute approximate surface area is 152 Å². The number of hydrazine groups is 1. The standard InChI is InChI=1S/C16H23BrN4O.ClH/c1-21(12-7-9-18-10-8-12)16(22)15-13(17)14(19-20-15)11-5-3-2-4-6-11;/h2-6,12-15,18-20H,7-10H2,1H3;1H. The van der Waals surface area contributed by atoms with Gasteiger partial charge in [-0.25, -0.2) is 10.9 Å². The SMILES string of the molecule is CN(C(=O)C1NNC(c2ccccc2)C1Br)C1CCNCC1.Cl. The Balaban J connectivity index is 0.00000192. The van der Waals surface area contributed by atoms with E-state index in [4.69, 9.17) is 0 Å². The fourth-order valence-corrected chi connectivity index (χ4v) is 4.05. The number of alkyl halides is 1. The van der Waals surface area contributed by atoms with Crippen molar-refractivity contribution in [3.8, 4) is 0 Å². The second-order valence-corrected chi connectivity index (χ2v) is 7.09. The van der Waals surface area contributed by atoms with Crippen LogP contribution < -0.4 is 16.2 Å². The van der Waals surface area contributed by atoms with Crippen molar-refractivity contribution >= 4 is 34.2 Å². The zero-order valence-electron chi connectivity index (χ0n) is 13.2. The van der Waals surface area contributed by atoms with Crippen LogP contribution in [0.15, 0.2) is 30.3 Å². The summed E-state index contributed by atoms with van der Waals surface area (Å²) in [6.45, 7) is 1.98. The molecule has 1 aromatic rings. The second kappa shape index (κ2) is 8.44. The lowest BCUT2D eigenvalue weighted by molar-refractivity contribution is -0.134. The minimum absolute atomic E-state index is 0. The van der Waals surface area contributed by atoms with Gasteiger partial charge >= 0.3 is 0 Å². The maximum absolute atomic E-state index is 12.8. The molecule has 1 amide bonds. The molecule has 2 aliphatic heterocycles. The Bertz CT molecular complexity index is 512. The molecule has 0 saturated carbocycles. The number of nitrogens with one attached hydrogen (secondary N) is 3. The molecule has 128 valence electrons. The summed E-state index contributed by atoms with van der Waals surface area (Å²) in [7, 11) is 1.93. The molecule has 0 aliphatic carbocycles. The second-order valence-electron chi connectivity index (χ2n) is 6.03. The molecule has 3 unspecified atom stereocenters. The summed E-state index contributed by atoms with van der Waals surface area (Å²) in [5, 5.41) is 3.34. The average molecular weight is 404 g/mol. The van der Waals surface area contributed by atoms with E-state index in [-0.39, 0.29) is 35.2 Å². The number of nitrogens with zero attached hydrogens (tertiary/aromatic N) is 1. The summed E-state index contributed by atoms with van der Waals surface area (Å²) in [5.74, 6) is 0.153. The Hall–Kier alpha value is -0.660. The largest absolute Gasteiger partial charge is 0.341 e. The van der Waals surface area contributed by atoms with Gasteiger partial charge in [-0.2, -0.15) is 0 Å². The topological polar surface area (TPSA) is 56.4 Å². The van der Waals surface area contributed by atoms with Gasteiger partial charge in [0.05, 0.1) is 10.9 Å². The molecule has 23 heavy (non-hydrogen) atoms. The van der Waals surface area contributed by atoms with E-state index in [9.17, 15) is 4.79 Å². The van der Waals surface area contributed by atoms with Gasteiger partial charge in [0.1, 0.15) is 6.04 Å². The van der Waals surface area contributed by atoms with Crippen molar-refractivity contribution in [1.29, 1.82) is 0 Å². The molecule has 3 rings (SSSR count). The van der Waals surface area contributed by atoms with Crippen LogP contribution in [0.4, 0.5) is 0 Å². The van der Waals surface area contributed by atoms with Crippen molar-refractivity contribution in [1.82, 2.24) is 21.1 Å². The van der Waals surface area contributed by atoms with E-state index in [2.05, 4.69) is 44.2 Å². The number of piperidine rings is 1. The third-order valence-electron chi connectivity index (χ3n) is 4.66. The van der Waals surface area contributed by atoms with Gasteiger partial charge in [0, 0.05) is 13.1 Å². The first-order valence-corrected chi connectivity index (χ1v) is 8.77. The van der Waals surface area contributed by atoms with Crippen LogP contribution in [0.25, 0.3) is 0 Å². The number of rotatable bonds is 3. The van der Waals surface area contributed by atoms with E-state index in [1.165, 1.54) is 5.56 Å². The van der Waals surface area contributed by atoms with E-state index in [1.807, 2.05) is 30.1 Å². The number of hydrogen-bond acceptors (Lipinski definition) is 4. The minimum atomic E-state index is -0.245. The van der Waals surface area contributed by atoms with Crippen molar-refractivity contribution in [3.63, 3.8) is 0 Å². The van der Waals surface area contributed by atoms with Gasteiger partial charge in [-0.3, -0.25) is 4.79 Å². The number of carbonyl (C=O) groups is 1. The highest BCUT2D eigenvalue weighted by Gasteiger charge is 2.41. The van der Waals surface area contributed by atoms with Gasteiger partial charge in [0.2, 0.25) is 5.91 Å². The highest BCUT2D eigenvalue weighted by atomic mass is 79.9. The van der Waals surface area contributed by atoms with Crippen LogP contribution in [0, 0.1) is 0 Å². The van der Waals surface area contributed by atoms with Gasteiger partial charge in [0.15, 0.2) is 0 Å². The van der Waals surface area contributed by atoms with E-state index in [1.54, 1.807) is 0 Å². The van der Waals surface area contributed by atoms with Crippen molar-refractivity contribution < 1.29 is 4.79 Å². The number of amides is 1. The summed E-state index contributed by atoms with van der Waals surface area (Å²) < 4.78 is 0. The Kier molecular flexibility index (Phi) is 6.85. The summed E-state index contributed by atoms with van der Waals surface area (Å²) in [6.07, 6.45) is 2.05. The molecule has 2 fully saturated rings. The monoisotopic (exact) mass is 402 g/mol. The molecule has 1 aromatic carbocycles. The number of hydrogen-bond donors (Lipinski definition) is 3. The molecule has 7 heteroatoms. The third-order valence-corrected chi connectivity index (χ3v) is 5.72. The quantitative estimate of drug-likeness (QED) is 0.671. The first-order valence-electron chi connectivity index (χ1n) is 7.86. The first kappa shape index (κ1) is 18.7. The fraction of sp³-hybridized carbons (Fsp3) is 0.562. The third kappa shape index (κ3) is 4.06. The number of carbonyl (C=O) groups excluding carboxylic acids is 1. The molecular weight excluding hydrogens is 380 g/mol. The molecule has 2 saturated heterocycles. The van der Waals surface area contributed by atoms with Gasteiger partial charge in [-0.15, -0.1) is 12.4 Å². The molecule has 0 radical (unpaired) electrons. The lowest BCUT2D eigenvalue weighted by Crippen LogP contribution is -2.52. The van der Waals surface area contributed by atoms with Crippen molar-refractivity contribution in [2.45, 2.75) is 35.8 Å². The normalized spacial score (nSPS) is 28.2. The first-order chi connectivity index (χ1) is 10.7. The van der Waals surface area contributed by atoms with Crippen molar-refractivity contribution in [3.05, 3.63) is 35.9 Å². The van der Waals surface area contributed by atoms with Crippen LogP contribution in [-0.2, 0) is 4.79 Å². The van der Waals surface area contributed by atoms with Crippen LogP contribution in [-0.4, -0.2) is 47.9 Å². The van der Waals surface area contributed by atoms with Gasteiger partial charge in [-0.1, -0.05) is 46.3 Å².